The van der Waals surface area contributed by atoms with E-state index < -0.39 is 0 Å². The third-order valence-corrected chi connectivity index (χ3v) is 4.63. The quantitative estimate of drug-likeness (QED) is 0.491. The first kappa shape index (κ1) is 21.6. The minimum absolute atomic E-state index is 0.0161. The van der Waals surface area contributed by atoms with Gasteiger partial charge in [0.1, 0.15) is 11.6 Å². The first-order valence-electron chi connectivity index (χ1n) is 10.3. The number of hydrogen-bond donors (Lipinski definition) is 2. The van der Waals surface area contributed by atoms with Crippen LogP contribution in [-0.2, 0) is 17.9 Å². The molecule has 0 aliphatic heterocycles. The molecule has 7 heteroatoms. The number of rotatable bonds is 9. The maximum Gasteiger partial charge on any atom is 0.258 e. The van der Waals surface area contributed by atoms with Gasteiger partial charge >= 0.3 is 0 Å². The van der Waals surface area contributed by atoms with Gasteiger partial charge in [-0.15, -0.1) is 0 Å². The number of amides is 1. The van der Waals surface area contributed by atoms with E-state index in [4.69, 9.17) is 4.74 Å². The van der Waals surface area contributed by atoms with Gasteiger partial charge in [-0.1, -0.05) is 24.3 Å². The van der Waals surface area contributed by atoms with Crippen molar-refractivity contribution in [3.05, 3.63) is 65.5 Å². The van der Waals surface area contributed by atoms with E-state index >= 15 is 0 Å². The Morgan fingerprint density at radius 3 is 2.70 bits per heavy atom. The largest absolute Gasteiger partial charge is 0.484 e. The van der Waals surface area contributed by atoms with Crippen LogP contribution in [0.3, 0.4) is 0 Å². The predicted molar refractivity (Wildman–Crippen MR) is 116 cm³/mol. The third-order valence-electron chi connectivity index (χ3n) is 4.63. The number of aliphatic imine (C=N–C) groups is 1. The van der Waals surface area contributed by atoms with Crippen molar-refractivity contribution in [3.8, 4) is 5.75 Å². The molecule has 30 heavy (non-hydrogen) atoms. The van der Waals surface area contributed by atoms with Crippen LogP contribution >= 0.6 is 0 Å². The van der Waals surface area contributed by atoms with Gasteiger partial charge in [-0.05, 0) is 55.2 Å². The number of halogens is 1. The molecular weight excluding hydrogens is 383 g/mol. The number of carbonyl (C=O) groups excluding carboxylic acids is 1. The van der Waals surface area contributed by atoms with E-state index in [1.807, 2.05) is 49.2 Å². The molecule has 1 aliphatic rings. The van der Waals surface area contributed by atoms with Crippen molar-refractivity contribution in [2.24, 2.45) is 4.99 Å². The zero-order valence-electron chi connectivity index (χ0n) is 17.5. The second-order valence-electron chi connectivity index (χ2n) is 7.43. The third kappa shape index (κ3) is 7.06. The Bertz CT molecular complexity index is 883. The standard InChI is InChI=1S/C23H29FN4O2/c1-3-25-23(28(2)15-18-7-4-8-19(24)12-18)26-14-17-6-5-9-21(13-17)30-16-22(29)27-20-10-11-20/h4-9,12-13,20H,3,10-11,14-16H2,1-2H3,(H,25,26)(H,27,29). The first-order valence-corrected chi connectivity index (χ1v) is 10.3. The molecule has 0 saturated heterocycles. The lowest BCUT2D eigenvalue weighted by atomic mass is 10.2. The second-order valence-corrected chi connectivity index (χ2v) is 7.43. The highest BCUT2D eigenvalue weighted by molar-refractivity contribution is 5.79. The van der Waals surface area contributed by atoms with Crippen molar-refractivity contribution >= 4 is 11.9 Å². The number of ether oxygens (including phenoxy) is 1. The zero-order chi connectivity index (χ0) is 21.3. The Kier molecular flexibility index (Phi) is 7.65. The van der Waals surface area contributed by atoms with Gasteiger partial charge < -0.3 is 20.3 Å². The zero-order valence-corrected chi connectivity index (χ0v) is 17.5. The van der Waals surface area contributed by atoms with E-state index in [9.17, 15) is 9.18 Å². The van der Waals surface area contributed by atoms with Gasteiger partial charge in [0, 0.05) is 26.2 Å². The van der Waals surface area contributed by atoms with Crippen LogP contribution in [0.4, 0.5) is 4.39 Å². The Hall–Kier alpha value is -3.09. The molecule has 6 nitrogen and oxygen atoms in total. The molecular formula is C23H29FN4O2. The van der Waals surface area contributed by atoms with Crippen molar-refractivity contribution in [2.75, 3.05) is 20.2 Å². The molecule has 0 spiro atoms. The maximum atomic E-state index is 13.5. The summed E-state index contributed by atoms with van der Waals surface area (Å²) in [4.78, 5) is 18.4. The van der Waals surface area contributed by atoms with Crippen LogP contribution in [0.5, 0.6) is 5.75 Å². The minimum atomic E-state index is -0.245. The topological polar surface area (TPSA) is 66.0 Å². The van der Waals surface area contributed by atoms with Gasteiger partial charge in [-0.2, -0.15) is 0 Å². The molecule has 0 aromatic heterocycles. The van der Waals surface area contributed by atoms with E-state index in [-0.39, 0.29) is 18.3 Å². The molecule has 0 radical (unpaired) electrons. The van der Waals surface area contributed by atoms with E-state index in [0.717, 1.165) is 36.5 Å². The summed E-state index contributed by atoms with van der Waals surface area (Å²) in [5.74, 6) is 1.04. The van der Waals surface area contributed by atoms with Gasteiger partial charge in [0.15, 0.2) is 12.6 Å². The van der Waals surface area contributed by atoms with Crippen LogP contribution in [0.2, 0.25) is 0 Å². The van der Waals surface area contributed by atoms with Gasteiger partial charge in [0.05, 0.1) is 6.54 Å². The summed E-state index contributed by atoms with van der Waals surface area (Å²) in [6.07, 6.45) is 2.11. The molecule has 1 amide bonds. The molecule has 1 fully saturated rings. The highest BCUT2D eigenvalue weighted by Crippen LogP contribution is 2.19. The van der Waals surface area contributed by atoms with Crippen LogP contribution < -0.4 is 15.4 Å². The molecule has 0 bridgehead atoms. The number of nitrogens with zero attached hydrogens (tertiary/aromatic N) is 2. The fourth-order valence-corrected chi connectivity index (χ4v) is 3.00. The average molecular weight is 413 g/mol. The van der Waals surface area contributed by atoms with Gasteiger partial charge in [0.2, 0.25) is 0 Å². The van der Waals surface area contributed by atoms with Crippen molar-refractivity contribution in [1.82, 2.24) is 15.5 Å². The van der Waals surface area contributed by atoms with Crippen molar-refractivity contribution in [3.63, 3.8) is 0 Å². The lowest BCUT2D eigenvalue weighted by Crippen LogP contribution is -2.38. The summed E-state index contributed by atoms with van der Waals surface area (Å²) in [5, 5.41) is 6.17. The Labute approximate surface area is 177 Å². The van der Waals surface area contributed by atoms with Crippen LogP contribution in [0, 0.1) is 5.82 Å². The van der Waals surface area contributed by atoms with Crippen molar-refractivity contribution in [2.45, 2.75) is 38.9 Å². The summed E-state index contributed by atoms with van der Waals surface area (Å²) in [5.41, 5.74) is 1.85. The molecule has 160 valence electrons. The number of carbonyl (C=O) groups is 1. The van der Waals surface area contributed by atoms with Crippen molar-refractivity contribution in [1.29, 1.82) is 0 Å². The second kappa shape index (κ2) is 10.6. The van der Waals surface area contributed by atoms with Gasteiger partial charge in [0.25, 0.3) is 5.91 Å². The lowest BCUT2D eigenvalue weighted by molar-refractivity contribution is -0.123. The van der Waals surface area contributed by atoms with E-state index in [1.165, 1.54) is 12.1 Å². The fourth-order valence-electron chi connectivity index (χ4n) is 3.00. The molecule has 0 atom stereocenters. The van der Waals surface area contributed by atoms with Crippen LogP contribution in [0.1, 0.15) is 30.9 Å². The summed E-state index contributed by atoms with van der Waals surface area (Å²) in [7, 11) is 1.92. The lowest BCUT2D eigenvalue weighted by Gasteiger charge is -2.22. The average Bonchev–Trinajstić information content (AvgIpc) is 3.54. The molecule has 3 rings (SSSR count). The van der Waals surface area contributed by atoms with Crippen molar-refractivity contribution < 1.29 is 13.9 Å². The fraction of sp³-hybridized carbons (Fsp3) is 0.391. The van der Waals surface area contributed by atoms with Gasteiger partial charge in [-0.25, -0.2) is 9.38 Å². The number of guanidine groups is 1. The normalized spacial score (nSPS) is 13.6. The van der Waals surface area contributed by atoms with Crippen LogP contribution in [-0.4, -0.2) is 43.0 Å². The minimum Gasteiger partial charge on any atom is -0.484 e. The molecule has 2 aromatic carbocycles. The monoisotopic (exact) mass is 412 g/mol. The molecule has 1 saturated carbocycles. The number of nitrogens with one attached hydrogen (secondary N) is 2. The van der Waals surface area contributed by atoms with Crippen LogP contribution in [0.25, 0.3) is 0 Å². The van der Waals surface area contributed by atoms with Gasteiger partial charge in [-0.3, -0.25) is 4.79 Å². The summed E-state index contributed by atoms with van der Waals surface area (Å²) >= 11 is 0. The predicted octanol–water partition coefficient (Wildman–Crippen LogP) is 3.08. The summed E-state index contributed by atoms with van der Waals surface area (Å²) in [6.45, 7) is 3.75. The Balaban J connectivity index is 1.58. The highest BCUT2D eigenvalue weighted by atomic mass is 19.1. The smallest absolute Gasteiger partial charge is 0.258 e. The number of benzene rings is 2. The summed E-state index contributed by atoms with van der Waals surface area (Å²) < 4.78 is 19.1. The maximum absolute atomic E-state index is 13.5. The Morgan fingerprint density at radius 2 is 1.97 bits per heavy atom. The van der Waals surface area contributed by atoms with Crippen LogP contribution in [0.15, 0.2) is 53.5 Å². The van der Waals surface area contributed by atoms with E-state index in [2.05, 4.69) is 15.6 Å². The molecule has 0 heterocycles. The molecule has 2 N–H and O–H groups in total. The summed E-state index contributed by atoms with van der Waals surface area (Å²) in [6, 6.07) is 14.5. The first-order chi connectivity index (χ1) is 14.5. The molecule has 0 unspecified atom stereocenters. The SMILES string of the molecule is CCNC(=NCc1cccc(OCC(=O)NC2CC2)c1)N(C)Cc1cccc(F)c1. The van der Waals surface area contributed by atoms with E-state index in [1.54, 1.807) is 6.07 Å². The number of hydrogen-bond acceptors (Lipinski definition) is 3. The van der Waals surface area contributed by atoms with E-state index in [0.29, 0.717) is 24.9 Å². The highest BCUT2D eigenvalue weighted by Gasteiger charge is 2.23. The molecule has 2 aromatic rings. The molecule has 1 aliphatic carbocycles. The Morgan fingerprint density at radius 1 is 1.20 bits per heavy atom.